The van der Waals surface area contributed by atoms with E-state index in [1.54, 1.807) is 23.6 Å². The summed E-state index contributed by atoms with van der Waals surface area (Å²) in [7, 11) is 0. The number of rotatable bonds is 6. The lowest BCUT2D eigenvalue weighted by atomic mass is 10.2. The van der Waals surface area contributed by atoms with Crippen molar-refractivity contribution in [2.24, 2.45) is 0 Å². The highest BCUT2D eigenvalue weighted by molar-refractivity contribution is 7.98. The molecule has 1 amide bonds. The van der Waals surface area contributed by atoms with Crippen LogP contribution in [0.15, 0.2) is 28.9 Å². The third-order valence-corrected chi connectivity index (χ3v) is 4.63. The number of nitrogens with zero attached hydrogens (tertiary/aromatic N) is 2. The highest BCUT2D eigenvalue weighted by Crippen LogP contribution is 2.17. The molecule has 2 aromatic rings. The smallest absolute Gasteiger partial charge is 0.254 e. The van der Waals surface area contributed by atoms with Crippen molar-refractivity contribution in [1.82, 2.24) is 15.3 Å². The minimum Gasteiger partial charge on any atom is -0.352 e. The normalized spacial score (nSPS) is 10.5. The molecule has 0 aliphatic carbocycles. The van der Waals surface area contributed by atoms with E-state index in [1.807, 2.05) is 24.8 Å². The van der Waals surface area contributed by atoms with Crippen molar-refractivity contribution in [3.8, 4) is 0 Å². The summed E-state index contributed by atoms with van der Waals surface area (Å²) >= 11 is 3.16. The minimum absolute atomic E-state index is 0.0523. The third kappa shape index (κ3) is 3.80. The summed E-state index contributed by atoms with van der Waals surface area (Å²) < 4.78 is 0. The van der Waals surface area contributed by atoms with Gasteiger partial charge in [-0.15, -0.1) is 23.1 Å². The number of hydrogen-bond acceptors (Lipinski definition) is 5. The van der Waals surface area contributed by atoms with Gasteiger partial charge in [0.15, 0.2) is 0 Å². The Bertz CT molecular complexity index is 583. The van der Waals surface area contributed by atoms with Crippen LogP contribution in [-0.2, 0) is 6.42 Å². The van der Waals surface area contributed by atoms with Crippen molar-refractivity contribution < 1.29 is 4.79 Å². The molecule has 4 nitrogen and oxygen atoms in total. The number of aromatic nitrogens is 2. The lowest BCUT2D eigenvalue weighted by molar-refractivity contribution is 0.0949. The van der Waals surface area contributed by atoms with Gasteiger partial charge in [0, 0.05) is 17.6 Å². The molecule has 106 valence electrons. The molecule has 0 unspecified atom stereocenters. The maximum atomic E-state index is 12.1. The molecule has 0 saturated carbocycles. The molecule has 0 saturated heterocycles. The number of hydrogen-bond donors (Lipinski definition) is 1. The predicted molar refractivity (Wildman–Crippen MR) is 83.5 cm³/mol. The first kappa shape index (κ1) is 15.0. The number of carbonyl (C=O) groups excluding carboxylic acids is 1. The molecule has 2 heterocycles. The molecule has 0 spiro atoms. The van der Waals surface area contributed by atoms with E-state index >= 15 is 0 Å². The van der Waals surface area contributed by atoms with Gasteiger partial charge in [0.2, 0.25) is 0 Å². The molecule has 20 heavy (non-hydrogen) atoms. The van der Waals surface area contributed by atoms with Gasteiger partial charge in [0.25, 0.3) is 5.91 Å². The van der Waals surface area contributed by atoms with Crippen LogP contribution in [0.25, 0.3) is 0 Å². The summed E-state index contributed by atoms with van der Waals surface area (Å²) in [6.07, 6.45) is 5.50. The Morgan fingerprint density at radius 1 is 1.45 bits per heavy atom. The second-order valence-electron chi connectivity index (χ2n) is 4.28. The lowest BCUT2D eigenvalue weighted by Gasteiger charge is -2.07. The maximum Gasteiger partial charge on any atom is 0.254 e. The third-order valence-electron chi connectivity index (χ3n) is 2.92. The van der Waals surface area contributed by atoms with Crippen LogP contribution in [0.1, 0.15) is 27.3 Å². The van der Waals surface area contributed by atoms with Gasteiger partial charge in [0.1, 0.15) is 5.03 Å². The Balaban J connectivity index is 1.82. The molecule has 6 heteroatoms. The maximum absolute atomic E-state index is 12.1. The van der Waals surface area contributed by atoms with Crippen LogP contribution in [0.5, 0.6) is 0 Å². The van der Waals surface area contributed by atoms with Gasteiger partial charge in [0.05, 0.1) is 16.8 Å². The lowest BCUT2D eigenvalue weighted by Crippen LogP contribution is -2.25. The molecule has 0 radical (unpaired) electrons. The number of carbonyl (C=O) groups is 1. The van der Waals surface area contributed by atoms with E-state index < -0.39 is 0 Å². The van der Waals surface area contributed by atoms with Crippen LogP contribution in [0.4, 0.5) is 0 Å². The highest BCUT2D eigenvalue weighted by atomic mass is 32.2. The van der Waals surface area contributed by atoms with Gasteiger partial charge >= 0.3 is 0 Å². The van der Waals surface area contributed by atoms with Gasteiger partial charge in [-0.05, 0) is 38.2 Å². The minimum atomic E-state index is -0.0523. The zero-order valence-electron chi connectivity index (χ0n) is 11.5. The molecule has 2 rings (SSSR count). The molecular formula is C14H17N3OS2. The Morgan fingerprint density at radius 3 is 3.00 bits per heavy atom. The Kier molecular flexibility index (Phi) is 5.55. The Labute approximate surface area is 127 Å². The van der Waals surface area contributed by atoms with Gasteiger partial charge in [-0.25, -0.2) is 9.97 Å². The van der Waals surface area contributed by atoms with E-state index in [0.717, 1.165) is 23.6 Å². The van der Waals surface area contributed by atoms with Crippen molar-refractivity contribution in [1.29, 1.82) is 0 Å². The van der Waals surface area contributed by atoms with E-state index in [1.165, 1.54) is 16.6 Å². The average Bonchev–Trinajstić information content (AvgIpc) is 2.88. The molecule has 1 N–H and O–H groups in total. The van der Waals surface area contributed by atoms with Crippen LogP contribution in [0, 0.1) is 6.92 Å². The summed E-state index contributed by atoms with van der Waals surface area (Å²) in [4.78, 5) is 21.8. The standard InChI is InChI=1S/C14H17N3OS2/c1-10-12(20-9-17-10)6-4-7-15-13(18)11-5-3-8-16-14(11)19-2/h3,5,8-9H,4,6-7H2,1-2H3,(H,15,18). The van der Waals surface area contributed by atoms with Crippen molar-refractivity contribution in [2.45, 2.75) is 24.8 Å². The number of nitrogens with one attached hydrogen (secondary N) is 1. The molecule has 0 bridgehead atoms. The van der Waals surface area contributed by atoms with Gasteiger partial charge < -0.3 is 5.32 Å². The van der Waals surface area contributed by atoms with Crippen molar-refractivity contribution in [2.75, 3.05) is 12.8 Å². The first-order valence-electron chi connectivity index (χ1n) is 6.38. The number of aryl methyl sites for hydroxylation is 2. The fourth-order valence-corrected chi connectivity index (χ4v) is 3.21. The van der Waals surface area contributed by atoms with Crippen molar-refractivity contribution in [3.63, 3.8) is 0 Å². The number of thioether (sulfide) groups is 1. The SMILES string of the molecule is CSc1ncccc1C(=O)NCCCc1scnc1C. The van der Waals surface area contributed by atoms with Crippen LogP contribution in [-0.4, -0.2) is 28.7 Å². The highest BCUT2D eigenvalue weighted by Gasteiger charge is 2.10. The second kappa shape index (κ2) is 7.40. The molecule has 2 aromatic heterocycles. The second-order valence-corrected chi connectivity index (χ2v) is 6.01. The monoisotopic (exact) mass is 307 g/mol. The molecule has 0 fully saturated rings. The van der Waals surface area contributed by atoms with Crippen molar-refractivity contribution in [3.05, 3.63) is 40.0 Å². The van der Waals surface area contributed by atoms with E-state index in [-0.39, 0.29) is 5.91 Å². The Hall–Kier alpha value is -1.40. The quantitative estimate of drug-likeness (QED) is 0.658. The number of pyridine rings is 1. The zero-order chi connectivity index (χ0) is 14.4. The molecule has 0 aromatic carbocycles. The number of thiazole rings is 1. The molecule has 0 aliphatic rings. The van der Waals surface area contributed by atoms with Gasteiger partial charge in [-0.1, -0.05) is 0 Å². The summed E-state index contributed by atoms with van der Waals surface area (Å²) in [5, 5.41) is 3.71. The van der Waals surface area contributed by atoms with Gasteiger partial charge in [-0.3, -0.25) is 4.79 Å². The summed E-state index contributed by atoms with van der Waals surface area (Å²) in [5.41, 5.74) is 3.61. The molecular weight excluding hydrogens is 290 g/mol. The van der Waals surface area contributed by atoms with Crippen LogP contribution in [0.3, 0.4) is 0 Å². The fourth-order valence-electron chi connectivity index (χ4n) is 1.84. The van der Waals surface area contributed by atoms with E-state index in [4.69, 9.17) is 0 Å². The molecule has 0 aliphatic heterocycles. The fraction of sp³-hybridized carbons (Fsp3) is 0.357. The van der Waals surface area contributed by atoms with Crippen LogP contribution in [0.2, 0.25) is 0 Å². The number of amides is 1. The first-order chi connectivity index (χ1) is 9.72. The van der Waals surface area contributed by atoms with Crippen molar-refractivity contribution >= 4 is 29.0 Å². The van der Waals surface area contributed by atoms with E-state index in [0.29, 0.717) is 12.1 Å². The average molecular weight is 307 g/mol. The largest absolute Gasteiger partial charge is 0.352 e. The summed E-state index contributed by atoms with van der Waals surface area (Å²) in [5.74, 6) is -0.0523. The zero-order valence-corrected chi connectivity index (χ0v) is 13.2. The predicted octanol–water partition coefficient (Wildman–Crippen LogP) is 2.93. The first-order valence-corrected chi connectivity index (χ1v) is 8.49. The topological polar surface area (TPSA) is 54.9 Å². The molecule has 0 atom stereocenters. The van der Waals surface area contributed by atoms with E-state index in [2.05, 4.69) is 15.3 Å². The van der Waals surface area contributed by atoms with Gasteiger partial charge in [-0.2, -0.15) is 0 Å². The summed E-state index contributed by atoms with van der Waals surface area (Å²) in [6, 6.07) is 3.59. The van der Waals surface area contributed by atoms with Crippen LogP contribution >= 0.6 is 23.1 Å². The van der Waals surface area contributed by atoms with Crippen LogP contribution < -0.4 is 5.32 Å². The summed E-state index contributed by atoms with van der Waals surface area (Å²) in [6.45, 7) is 2.68. The Morgan fingerprint density at radius 2 is 2.30 bits per heavy atom. The van der Waals surface area contributed by atoms with E-state index in [9.17, 15) is 4.79 Å².